The molecule has 0 spiro atoms. The van der Waals surface area contributed by atoms with Crippen LogP contribution in [0.1, 0.15) is 10.4 Å². The van der Waals surface area contributed by atoms with Crippen molar-refractivity contribution >= 4 is 17.8 Å². The summed E-state index contributed by atoms with van der Waals surface area (Å²) in [5.74, 6) is -3.54. The van der Waals surface area contributed by atoms with Crippen LogP contribution in [0.25, 0.3) is 0 Å². The summed E-state index contributed by atoms with van der Waals surface area (Å²) in [5.41, 5.74) is -0.388. The van der Waals surface area contributed by atoms with Gasteiger partial charge in [0.2, 0.25) is 5.91 Å². The highest BCUT2D eigenvalue weighted by Crippen LogP contribution is 2.24. The first-order valence-corrected chi connectivity index (χ1v) is 6.08. The Kier molecular flexibility index (Phi) is 4.06. The van der Waals surface area contributed by atoms with Crippen LogP contribution in [0.2, 0.25) is 0 Å². The van der Waals surface area contributed by atoms with Crippen LogP contribution in [0, 0.1) is 5.82 Å². The molecule has 2 N–H and O–H groups in total. The van der Waals surface area contributed by atoms with Crippen LogP contribution in [0.5, 0.6) is 5.75 Å². The summed E-state index contributed by atoms with van der Waals surface area (Å²) in [7, 11) is 1.27. The number of piperazine rings is 1. The average Bonchev–Trinajstić information content (AvgIpc) is 2.45. The standard InChI is InChI=1S/C13H13FN2O5/c1-21-9-4-2-3-7(14)11(9)12(18)16-6-10(17)15-5-8(16)13(19)20/h2-4,8H,5-6H2,1H3,(H,15,17)(H,19,20). The summed E-state index contributed by atoms with van der Waals surface area (Å²) in [5, 5.41) is 11.5. The van der Waals surface area contributed by atoms with Crippen molar-refractivity contribution in [1.82, 2.24) is 10.2 Å². The van der Waals surface area contributed by atoms with Gasteiger partial charge in [-0.15, -0.1) is 0 Å². The van der Waals surface area contributed by atoms with Gasteiger partial charge in [-0.05, 0) is 12.1 Å². The van der Waals surface area contributed by atoms with Crippen LogP contribution in [0.15, 0.2) is 18.2 Å². The fourth-order valence-corrected chi connectivity index (χ4v) is 2.10. The van der Waals surface area contributed by atoms with E-state index in [0.717, 1.165) is 11.0 Å². The number of hydrogen-bond donors (Lipinski definition) is 2. The molecule has 1 aliphatic heterocycles. The lowest BCUT2D eigenvalue weighted by atomic mass is 10.1. The highest BCUT2D eigenvalue weighted by molar-refractivity contribution is 6.01. The lowest BCUT2D eigenvalue weighted by Crippen LogP contribution is -2.59. The molecule has 1 atom stereocenters. The molecule has 1 heterocycles. The van der Waals surface area contributed by atoms with Crippen LogP contribution in [0.4, 0.5) is 4.39 Å². The number of rotatable bonds is 3. The molecular weight excluding hydrogens is 283 g/mol. The molecule has 1 aromatic rings. The van der Waals surface area contributed by atoms with E-state index in [1.807, 2.05) is 0 Å². The van der Waals surface area contributed by atoms with Gasteiger partial charge in [0, 0.05) is 6.54 Å². The van der Waals surface area contributed by atoms with Gasteiger partial charge in [-0.1, -0.05) is 6.07 Å². The van der Waals surface area contributed by atoms with Gasteiger partial charge >= 0.3 is 5.97 Å². The predicted octanol–water partition coefficient (Wildman–Crippen LogP) is -0.141. The first kappa shape index (κ1) is 14.8. The number of ether oxygens (including phenoxy) is 1. The molecule has 0 aromatic heterocycles. The average molecular weight is 296 g/mol. The minimum atomic E-state index is -1.28. The summed E-state index contributed by atoms with van der Waals surface area (Å²) in [6.07, 6.45) is 0. The summed E-state index contributed by atoms with van der Waals surface area (Å²) >= 11 is 0. The molecule has 1 aromatic carbocycles. The number of amides is 2. The number of aliphatic carboxylic acids is 1. The molecule has 2 rings (SSSR count). The largest absolute Gasteiger partial charge is 0.496 e. The number of halogens is 1. The van der Waals surface area contributed by atoms with Gasteiger partial charge in [0.05, 0.1) is 7.11 Å². The Morgan fingerprint density at radius 3 is 2.81 bits per heavy atom. The second-order valence-corrected chi connectivity index (χ2v) is 4.41. The zero-order valence-corrected chi connectivity index (χ0v) is 11.1. The molecule has 0 bridgehead atoms. The van der Waals surface area contributed by atoms with Crippen LogP contribution in [-0.2, 0) is 9.59 Å². The van der Waals surface area contributed by atoms with Crippen molar-refractivity contribution in [3.63, 3.8) is 0 Å². The van der Waals surface area contributed by atoms with Gasteiger partial charge in [0.25, 0.3) is 5.91 Å². The van der Waals surface area contributed by atoms with Crippen LogP contribution < -0.4 is 10.1 Å². The van der Waals surface area contributed by atoms with E-state index in [0.29, 0.717) is 0 Å². The maximum atomic E-state index is 13.9. The molecule has 0 radical (unpaired) electrons. The maximum Gasteiger partial charge on any atom is 0.328 e. The normalized spacial score (nSPS) is 18.1. The van der Waals surface area contributed by atoms with Crippen LogP contribution in [0.3, 0.4) is 0 Å². The van der Waals surface area contributed by atoms with Crippen molar-refractivity contribution in [3.05, 3.63) is 29.6 Å². The van der Waals surface area contributed by atoms with E-state index in [2.05, 4.69) is 5.32 Å². The molecule has 0 saturated carbocycles. The number of nitrogens with zero attached hydrogens (tertiary/aromatic N) is 1. The van der Waals surface area contributed by atoms with Crippen molar-refractivity contribution in [2.75, 3.05) is 20.2 Å². The lowest BCUT2D eigenvalue weighted by molar-refractivity contribution is -0.144. The van der Waals surface area contributed by atoms with E-state index in [4.69, 9.17) is 9.84 Å². The number of methoxy groups -OCH3 is 1. The molecule has 7 nitrogen and oxygen atoms in total. The highest BCUT2D eigenvalue weighted by atomic mass is 19.1. The quantitative estimate of drug-likeness (QED) is 0.809. The number of carboxylic acid groups (broad SMARTS) is 1. The van der Waals surface area contributed by atoms with Crippen molar-refractivity contribution < 1.29 is 28.6 Å². The van der Waals surface area contributed by atoms with Crippen LogP contribution >= 0.6 is 0 Å². The minimum absolute atomic E-state index is 0.0184. The lowest BCUT2D eigenvalue weighted by Gasteiger charge is -2.33. The summed E-state index contributed by atoms with van der Waals surface area (Å²) < 4.78 is 18.8. The molecule has 112 valence electrons. The Morgan fingerprint density at radius 1 is 1.48 bits per heavy atom. The summed E-state index contributed by atoms with van der Waals surface area (Å²) in [4.78, 5) is 35.8. The molecule has 8 heteroatoms. The Labute approximate surface area is 119 Å². The Morgan fingerprint density at radius 2 is 2.19 bits per heavy atom. The SMILES string of the molecule is COc1cccc(F)c1C(=O)N1CC(=O)NCC1C(=O)O. The molecule has 1 aliphatic rings. The molecule has 21 heavy (non-hydrogen) atoms. The van der Waals surface area contributed by atoms with E-state index < -0.39 is 36.2 Å². The van der Waals surface area contributed by atoms with E-state index in [1.165, 1.54) is 19.2 Å². The molecule has 0 aliphatic carbocycles. The third-order valence-electron chi connectivity index (χ3n) is 3.14. The number of nitrogens with one attached hydrogen (secondary N) is 1. The summed E-state index contributed by atoms with van der Waals surface area (Å²) in [6, 6.07) is 2.56. The monoisotopic (exact) mass is 296 g/mol. The smallest absolute Gasteiger partial charge is 0.328 e. The molecule has 2 amide bonds. The first-order valence-electron chi connectivity index (χ1n) is 6.08. The molecule has 1 saturated heterocycles. The van der Waals surface area contributed by atoms with E-state index in [-0.39, 0.29) is 17.9 Å². The number of hydrogen-bond acceptors (Lipinski definition) is 4. The van der Waals surface area contributed by atoms with Gasteiger partial charge in [0.1, 0.15) is 29.7 Å². The zero-order chi connectivity index (χ0) is 15.6. The van der Waals surface area contributed by atoms with Crippen molar-refractivity contribution in [2.24, 2.45) is 0 Å². The van der Waals surface area contributed by atoms with Gasteiger partial charge in [-0.2, -0.15) is 0 Å². The zero-order valence-electron chi connectivity index (χ0n) is 11.1. The van der Waals surface area contributed by atoms with Crippen molar-refractivity contribution in [2.45, 2.75) is 6.04 Å². The molecule has 1 fully saturated rings. The maximum absolute atomic E-state index is 13.9. The fourth-order valence-electron chi connectivity index (χ4n) is 2.10. The second kappa shape index (κ2) is 5.78. The molecule has 1 unspecified atom stereocenters. The van der Waals surface area contributed by atoms with Crippen molar-refractivity contribution in [3.8, 4) is 5.75 Å². The summed E-state index contributed by atoms with van der Waals surface area (Å²) in [6.45, 7) is -0.677. The highest BCUT2D eigenvalue weighted by Gasteiger charge is 2.37. The van der Waals surface area contributed by atoms with E-state index in [9.17, 15) is 18.8 Å². The first-order chi connectivity index (χ1) is 9.95. The minimum Gasteiger partial charge on any atom is -0.496 e. The van der Waals surface area contributed by atoms with Crippen molar-refractivity contribution in [1.29, 1.82) is 0 Å². The van der Waals surface area contributed by atoms with Gasteiger partial charge in [0.15, 0.2) is 0 Å². The third-order valence-corrected chi connectivity index (χ3v) is 3.14. The second-order valence-electron chi connectivity index (χ2n) is 4.41. The number of carboxylic acids is 1. The van der Waals surface area contributed by atoms with Crippen LogP contribution in [-0.4, -0.2) is 54.0 Å². The van der Waals surface area contributed by atoms with Gasteiger partial charge in [-0.3, -0.25) is 9.59 Å². The number of carbonyl (C=O) groups excluding carboxylic acids is 2. The topological polar surface area (TPSA) is 95.9 Å². The van der Waals surface area contributed by atoms with Gasteiger partial charge < -0.3 is 20.1 Å². The third kappa shape index (κ3) is 2.78. The number of carbonyl (C=O) groups is 3. The van der Waals surface area contributed by atoms with E-state index >= 15 is 0 Å². The fraction of sp³-hybridized carbons (Fsp3) is 0.308. The van der Waals surface area contributed by atoms with Gasteiger partial charge in [-0.25, -0.2) is 9.18 Å². The predicted molar refractivity (Wildman–Crippen MR) is 68.4 cm³/mol. The van der Waals surface area contributed by atoms with E-state index in [1.54, 1.807) is 0 Å². The number of benzene rings is 1. The Balaban J connectivity index is 2.41. The Bertz CT molecular complexity index is 604. The Hall–Kier alpha value is -2.64. The molecular formula is C13H13FN2O5.